The summed E-state index contributed by atoms with van der Waals surface area (Å²) in [7, 11) is 1.60. The fourth-order valence-corrected chi connectivity index (χ4v) is 2.06. The number of carbonyl (C=O) groups is 1. The molecule has 0 saturated carbocycles. The predicted octanol–water partition coefficient (Wildman–Crippen LogP) is 1.11. The SMILES string of the molecule is CNC(=O)c1c[nH+]cc(Br)c1.O=[N+]([O-])c1cc([N+](=O)[O-])c([O-])c([N+](=O)[O-])c1. The lowest BCUT2D eigenvalue weighted by Crippen LogP contribution is -2.19. The van der Waals surface area contributed by atoms with Crippen LogP contribution in [0.3, 0.4) is 0 Å². The number of benzene rings is 1. The van der Waals surface area contributed by atoms with Gasteiger partial charge in [-0.3, -0.25) is 35.1 Å². The number of amides is 1. The van der Waals surface area contributed by atoms with E-state index in [2.05, 4.69) is 26.2 Å². The number of aromatic nitrogens is 1. The zero-order valence-corrected chi connectivity index (χ0v) is 15.0. The van der Waals surface area contributed by atoms with Crippen LogP contribution in [0.15, 0.2) is 35.1 Å². The molecular formula is C13H10BrN5O8. The fraction of sp³-hybridized carbons (Fsp3) is 0.0769. The fourth-order valence-electron chi connectivity index (χ4n) is 1.68. The summed E-state index contributed by atoms with van der Waals surface area (Å²) in [6.07, 6.45) is 3.40. The van der Waals surface area contributed by atoms with Gasteiger partial charge in [-0.05, 0) is 22.0 Å². The van der Waals surface area contributed by atoms with Crippen molar-refractivity contribution < 1.29 is 29.7 Å². The van der Waals surface area contributed by atoms with Crippen molar-refractivity contribution in [3.8, 4) is 5.75 Å². The van der Waals surface area contributed by atoms with Gasteiger partial charge >= 0.3 is 0 Å². The molecule has 0 spiro atoms. The summed E-state index contributed by atoms with van der Waals surface area (Å²) in [5.74, 6) is -1.55. The molecule has 0 radical (unpaired) electrons. The molecule has 0 fully saturated rings. The average Bonchev–Trinajstić information content (AvgIpc) is 2.61. The van der Waals surface area contributed by atoms with Gasteiger partial charge in [0.15, 0.2) is 12.4 Å². The summed E-state index contributed by atoms with van der Waals surface area (Å²) < 4.78 is 0.860. The van der Waals surface area contributed by atoms with Gasteiger partial charge in [0.05, 0.1) is 37.1 Å². The number of non-ortho nitro benzene ring substituents is 1. The second-order valence-electron chi connectivity index (χ2n) is 4.60. The van der Waals surface area contributed by atoms with Gasteiger partial charge in [-0.2, -0.15) is 0 Å². The van der Waals surface area contributed by atoms with Crippen LogP contribution in [0.2, 0.25) is 0 Å². The van der Waals surface area contributed by atoms with E-state index in [1.165, 1.54) is 0 Å². The van der Waals surface area contributed by atoms with Gasteiger partial charge in [-0.25, -0.2) is 4.98 Å². The highest BCUT2D eigenvalue weighted by Gasteiger charge is 2.24. The van der Waals surface area contributed by atoms with Crippen molar-refractivity contribution in [1.29, 1.82) is 0 Å². The van der Waals surface area contributed by atoms with Crippen molar-refractivity contribution in [1.82, 2.24) is 5.32 Å². The summed E-state index contributed by atoms with van der Waals surface area (Å²) in [5, 5.41) is 44.6. The van der Waals surface area contributed by atoms with Crippen molar-refractivity contribution in [3.63, 3.8) is 0 Å². The van der Waals surface area contributed by atoms with Crippen LogP contribution in [0.5, 0.6) is 5.75 Å². The van der Waals surface area contributed by atoms with E-state index in [9.17, 15) is 40.2 Å². The van der Waals surface area contributed by atoms with Crippen LogP contribution in [0.1, 0.15) is 10.4 Å². The number of H-pyrrole nitrogens is 1. The van der Waals surface area contributed by atoms with Crippen LogP contribution < -0.4 is 15.4 Å². The minimum absolute atomic E-state index is 0.0949. The molecular weight excluding hydrogens is 434 g/mol. The molecule has 1 aromatic carbocycles. The molecule has 142 valence electrons. The summed E-state index contributed by atoms with van der Waals surface area (Å²) in [5.41, 5.74) is -2.65. The third-order valence-electron chi connectivity index (χ3n) is 2.88. The van der Waals surface area contributed by atoms with Gasteiger partial charge in [0, 0.05) is 7.05 Å². The molecule has 2 aromatic rings. The summed E-state index contributed by atoms with van der Waals surface area (Å²) in [4.78, 5) is 41.4. The molecule has 1 amide bonds. The third-order valence-corrected chi connectivity index (χ3v) is 3.34. The van der Waals surface area contributed by atoms with Crippen LogP contribution in [-0.4, -0.2) is 27.7 Å². The first-order valence-electron chi connectivity index (χ1n) is 6.75. The van der Waals surface area contributed by atoms with Crippen molar-refractivity contribution in [3.05, 3.63) is 71.0 Å². The van der Waals surface area contributed by atoms with Crippen LogP contribution >= 0.6 is 15.9 Å². The van der Waals surface area contributed by atoms with Gasteiger partial charge < -0.3 is 10.4 Å². The average molecular weight is 444 g/mol. The molecule has 0 aliphatic heterocycles. The van der Waals surface area contributed by atoms with Crippen molar-refractivity contribution >= 4 is 38.9 Å². The Kier molecular flexibility index (Phi) is 7.23. The highest BCUT2D eigenvalue weighted by atomic mass is 79.9. The van der Waals surface area contributed by atoms with E-state index < -0.39 is 37.6 Å². The van der Waals surface area contributed by atoms with E-state index in [4.69, 9.17) is 0 Å². The summed E-state index contributed by atoms with van der Waals surface area (Å²) >= 11 is 3.25. The largest absolute Gasteiger partial charge is 0.863 e. The zero-order chi connectivity index (χ0) is 20.7. The molecule has 0 unspecified atom stereocenters. The monoisotopic (exact) mass is 443 g/mol. The quantitative estimate of drug-likeness (QED) is 0.534. The Morgan fingerprint density at radius 1 is 1.00 bits per heavy atom. The Hall–Kier alpha value is -3.68. The van der Waals surface area contributed by atoms with Gasteiger partial charge in [0.2, 0.25) is 0 Å². The van der Waals surface area contributed by atoms with Gasteiger partial charge in [0.25, 0.3) is 23.0 Å². The second-order valence-corrected chi connectivity index (χ2v) is 5.52. The number of hydrogen-bond donors (Lipinski definition) is 1. The number of nitrogens with zero attached hydrogens (tertiary/aromatic N) is 3. The number of hydrogen-bond acceptors (Lipinski definition) is 8. The number of rotatable bonds is 4. The molecule has 0 saturated heterocycles. The van der Waals surface area contributed by atoms with E-state index in [-0.39, 0.29) is 5.91 Å². The first kappa shape index (κ1) is 21.4. The summed E-state index contributed by atoms with van der Waals surface area (Å²) in [6.45, 7) is 0. The normalized spacial score (nSPS) is 9.56. The van der Waals surface area contributed by atoms with Crippen LogP contribution in [0.25, 0.3) is 0 Å². The Labute approximate surface area is 158 Å². The maximum atomic E-state index is 11.1. The van der Waals surface area contributed by atoms with Crippen molar-refractivity contribution in [2.24, 2.45) is 0 Å². The van der Waals surface area contributed by atoms with Crippen LogP contribution in [-0.2, 0) is 0 Å². The van der Waals surface area contributed by atoms with Gasteiger partial charge in [-0.1, -0.05) is 0 Å². The molecule has 0 aliphatic carbocycles. The Bertz CT molecular complexity index is 884. The molecule has 14 heteroatoms. The minimum atomic E-state index is -1.46. The first-order chi connectivity index (χ1) is 12.6. The lowest BCUT2D eigenvalue weighted by molar-refractivity contribution is -0.420. The van der Waals surface area contributed by atoms with Crippen LogP contribution in [0.4, 0.5) is 17.1 Å². The van der Waals surface area contributed by atoms with E-state index in [0.717, 1.165) is 4.47 Å². The molecule has 0 bridgehead atoms. The number of aromatic amines is 1. The van der Waals surface area contributed by atoms with E-state index >= 15 is 0 Å². The number of nitrogens with one attached hydrogen (secondary N) is 2. The molecule has 2 N–H and O–H groups in total. The Morgan fingerprint density at radius 2 is 1.52 bits per heavy atom. The number of carbonyl (C=O) groups excluding carboxylic acids is 1. The van der Waals surface area contributed by atoms with Crippen LogP contribution in [0, 0.1) is 30.3 Å². The number of nitro benzene ring substituents is 3. The van der Waals surface area contributed by atoms with E-state index in [1.807, 2.05) is 0 Å². The van der Waals surface area contributed by atoms with Crippen molar-refractivity contribution in [2.75, 3.05) is 7.05 Å². The smallest absolute Gasteiger partial charge is 0.283 e. The zero-order valence-electron chi connectivity index (χ0n) is 13.4. The summed E-state index contributed by atoms with van der Waals surface area (Å²) in [6, 6.07) is 2.51. The van der Waals surface area contributed by atoms with Gasteiger partial charge in [-0.15, -0.1) is 0 Å². The molecule has 2 rings (SSSR count). The lowest BCUT2D eigenvalue weighted by atomic mass is 10.2. The number of pyridine rings is 1. The highest BCUT2D eigenvalue weighted by molar-refractivity contribution is 9.10. The number of nitro groups is 3. The molecule has 27 heavy (non-hydrogen) atoms. The third kappa shape index (κ3) is 5.67. The lowest BCUT2D eigenvalue weighted by Gasteiger charge is -2.06. The molecule has 13 nitrogen and oxygen atoms in total. The molecule has 1 heterocycles. The van der Waals surface area contributed by atoms with E-state index in [1.54, 1.807) is 25.5 Å². The standard InChI is InChI=1S/C7H7BrN2O.C6H3N3O7/c1-9-7(11)5-2-6(8)4-10-3-5;10-6-4(8(13)14)1-3(7(11)12)2-5(6)9(15)16/h2-4H,1H3,(H,9,11);1-2,10H. The predicted molar refractivity (Wildman–Crippen MR) is 89.9 cm³/mol. The van der Waals surface area contributed by atoms with Gasteiger partial charge in [0.1, 0.15) is 5.56 Å². The topological polar surface area (TPSA) is 196 Å². The molecule has 0 aliphatic rings. The first-order valence-corrected chi connectivity index (χ1v) is 7.54. The highest BCUT2D eigenvalue weighted by Crippen LogP contribution is 2.36. The Balaban J connectivity index is 0.000000289. The maximum Gasteiger partial charge on any atom is 0.283 e. The molecule has 0 atom stereocenters. The second kappa shape index (κ2) is 9.14. The van der Waals surface area contributed by atoms with Crippen molar-refractivity contribution in [2.45, 2.75) is 0 Å². The minimum Gasteiger partial charge on any atom is -0.863 e. The Morgan fingerprint density at radius 3 is 1.89 bits per heavy atom. The number of halogens is 1. The van der Waals surface area contributed by atoms with E-state index in [0.29, 0.717) is 17.7 Å². The maximum absolute atomic E-state index is 11.1. The molecule has 1 aromatic heterocycles.